The van der Waals surface area contributed by atoms with Crippen LogP contribution in [0, 0.1) is 18.8 Å². The van der Waals surface area contributed by atoms with Gasteiger partial charge >= 0.3 is 11.9 Å². The normalized spacial score (nSPS) is 9.06. The number of rotatable bonds is 2. The summed E-state index contributed by atoms with van der Waals surface area (Å²) >= 11 is 0. The van der Waals surface area contributed by atoms with Crippen LogP contribution < -0.4 is 0 Å². The van der Waals surface area contributed by atoms with E-state index >= 15 is 0 Å². The molecule has 0 unspecified atom stereocenters. The molecule has 0 saturated carbocycles. The lowest BCUT2D eigenvalue weighted by atomic mass is 10.0. The van der Waals surface area contributed by atoms with Gasteiger partial charge in [0.15, 0.2) is 0 Å². The van der Waals surface area contributed by atoms with E-state index in [0.29, 0.717) is 11.1 Å². The van der Waals surface area contributed by atoms with Crippen LogP contribution in [0.4, 0.5) is 0 Å². The van der Waals surface area contributed by atoms with Crippen molar-refractivity contribution in [2.45, 2.75) is 13.3 Å². The molecule has 4 heteroatoms. The molecular weight excluding hydrogens is 232 g/mol. The molecule has 0 aliphatic rings. The van der Waals surface area contributed by atoms with Gasteiger partial charge in [-0.1, -0.05) is 17.9 Å². The Hall–Kier alpha value is -2.28. The number of carbonyl (C=O) groups is 2. The molecule has 4 nitrogen and oxygen atoms in total. The van der Waals surface area contributed by atoms with Gasteiger partial charge in [-0.3, -0.25) is 4.79 Å². The van der Waals surface area contributed by atoms with Gasteiger partial charge in [0.2, 0.25) is 0 Å². The van der Waals surface area contributed by atoms with Crippen LogP contribution in [0.15, 0.2) is 18.2 Å². The maximum Gasteiger partial charge on any atom is 0.338 e. The van der Waals surface area contributed by atoms with Gasteiger partial charge in [0.1, 0.15) is 6.42 Å². The van der Waals surface area contributed by atoms with Gasteiger partial charge in [-0.05, 0) is 24.6 Å². The SMILES string of the molecule is COC(=O)CC#Cc1cccc(C(=O)OC)c1C. The monoisotopic (exact) mass is 246 g/mol. The maximum absolute atomic E-state index is 11.5. The largest absolute Gasteiger partial charge is 0.468 e. The minimum absolute atomic E-state index is 0.0262. The van der Waals surface area contributed by atoms with E-state index in [4.69, 9.17) is 0 Å². The summed E-state index contributed by atoms with van der Waals surface area (Å²) in [7, 11) is 2.64. The van der Waals surface area contributed by atoms with E-state index in [1.807, 2.05) is 0 Å². The van der Waals surface area contributed by atoms with E-state index in [0.717, 1.165) is 5.56 Å². The Kier molecular flexibility index (Phi) is 4.94. The molecular formula is C14H14O4. The molecule has 0 spiro atoms. The molecule has 0 bridgehead atoms. The average molecular weight is 246 g/mol. The van der Waals surface area contributed by atoms with Crippen LogP contribution >= 0.6 is 0 Å². The molecule has 0 aromatic heterocycles. The number of esters is 2. The van der Waals surface area contributed by atoms with E-state index in [1.54, 1.807) is 25.1 Å². The van der Waals surface area contributed by atoms with Crippen molar-refractivity contribution in [2.75, 3.05) is 14.2 Å². The van der Waals surface area contributed by atoms with Gasteiger partial charge in [0.05, 0.1) is 19.8 Å². The minimum Gasteiger partial charge on any atom is -0.468 e. The second-order valence-corrected chi connectivity index (χ2v) is 3.52. The number of benzene rings is 1. The molecule has 0 amide bonds. The number of methoxy groups -OCH3 is 2. The summed E-state index contributed by atoms with van der Waals surface area (Å²) in [5.41, 5.74) is 1.91. The minimum atomic E-state index is -0.399. The Morgan fingerprint density at radius 2 is 1.94 bits per heavy atom. The second-order valence-electron chi connectivity index (χ2n) is 3.52. The molecule has 0 saturated heterocycles. The summed E-state index contributed by atoms with van der Waals surface area (Å²) in [6.07, 6.45) is 0.0262. The first-order valence-corrected chi connectivity index (χ1v) is 5.33. The first-order chi connectivity index (χ1) is 8.60. The fourth-order valence-corrected chi connectivity index (χ4v) is 1.39. The summed E-state index contributed by atoms with van der Waals surface area (Å²) in [4.78, 5) is 22.4. The van der Waals surface area contributed by atoms with Crippen LogP contribution in [0.25, 0.3) is 0 Å². The van der Waals surface area contributed by atoms with Crippen LogP contribution in [0.3, 0.4) is 0 Å². The first kappa shape index (κ1) is 13.8. The molecule has 0 atom stereocenters. The number of hydrogen-bond acceptors (Lipinski definition) is 4. The van der Waals surface area contributed by atoms with Crippen molar-refractivity contribution >= 4 is 11.9 Å². The fraction of sp³-hybridized carbons (Fsp3) is 0.286. The van der Waals surface area contributed by atoms with Gasteiger partial charge in [0, 0.05) is 5.56 Å². The summed E-state index contributed by atoms with van der Waals surface area (Å²) in [5.74, 6) is 4.76. The molecule has 0 heterocycles. The van der Waals surface area contributed by atoms with E-state index in [1.165, 1.54) is 14.2 Å². The highest BCUT2D eigenvalue weighted by atomic mass is 16.5. The van der Waals surface area contributed by atoms with E-state index < -0.39 is 5.97 Å². The third-order valence-electron chi connectivity index (χ3n) is 2.42. The van der Waals surface area contributed by atoms with E-state index in [-0.39, 0.29) is 12.4 Å². The van der Waals surface area contributed by atoms with Crippen molar-refractivity contribution < 1.29 is 19.1 Å². The van der Waals surface area contributed by atoms with Gasteiger partial charge < -0.3 is 9.47 Å². The molecule has 1 aromatic carbocycles. The Morgan fingerprint density at radius 3 is 2.56 bits per heavy atom. The van der Waals surface area contributed by atoms with Gasteiger partial charge in [-0.25, -0.2) is 4.79 Å². The Morgan fingerprint density at radius 1 is 1.22 bits per heavy atom. The molecule has 0 fully saturated rings. The second kappa shape index (κ2) is 6.45. The maximum atomic E-state index is 11.5. The molecule has 1 rings (SSSR count). The predicted molar refractivity (Wildman–Crippen MR) is 66.0 cm³/mol. The molecule has 0 N–H and O–H groups in total. The third kappa shape index (κ3) is 3.36. The topological polar surface area (TPSA) is 52.6 Å². The van der Waals surface area contributed by atoms with Crippen LogP contribution in [0.1, 0.15) is 27.9 Å². The highest BCUT2D eigenvalue weighted by Crippen LogP contribution is 2.13. The zero-order valence-electron chi connectivity index (χ0n) is 10.6. The highest BCUT2D eigenvalue weighted by Gasteiger charge is 2.10. The van der Waals surface area contributed by atoms with Gasteiger partial charge in [0.25, 0.3) is 0 Å². The smallest absolute Gasteiger partial charge is 0.338 e. The molecule has 0 aliphatic carbocycles. The summed E-state index contributed by atoms with van der Waals surface area (Å²) in [6.45, 7) is 1.79. The van der Waals surface area contributed by atoms with Gasteiger partial charge in [-0.15, -0.1) is 0 Å². The Bertz CT molecular complexity index is 520. The zero-order valence-corrected chi connectivity index (χ0v) is 10.6. The summed E-state index contributed by atoms with van der Waals surface area (Å²) in [5, 5.41) is 0. The van der Waals surface area contributed by atoms with Crippen LogP contribution in [-0.2, 0) is 14.3 Å². The number of hydrogen-bond donors (Lipinski definition) is 0. The Labute approximate surface area is 106 Å². The van der Waals surface area contributed by atoms with Gasteiger partial charge in [-0.2, -0.15) is 0 Å². The third-order valence-corrected chi connectivity index (χ3v) is 2.42. The Balaban J connectivity index is 2.97. The van der Waals surface area contributed by atoms with Crippen LogP contribution in [0.5, 0.6) is 0 Å². The quantitative estimate of drug-likeness (QED) is 0.588. The average Bonchev–Trinajstić information content (AvgIpc) is 2.39. The van der Waals surface area contributed by atoms with Crippen molar-refractivity contribution in [3.63, 3.8) is 0 Å². The van der Waals surface area contributed by atoms with Crippen molar-refractivity contribution in [1.82, 2.24) is 0 Å². The van der Waals surface area contributed by atoms with Crippen molar-refractivity contribution in [3.05, 3.63) is 34.9 Å². The van der Waals surface area contributed by atoms with Crippen molar-refractivity contribution in [2.24, 2.45) is 0 Å². The molecule has 94 valence electrons. The summed E-state index contributed by atoms with van der Waals surface area (Å²) < 4.78 is 9.15. The van der Waals surface area contributed by atoms with Crippen molar-refractivity contribution in [3.8, 4) is 11.8 Å². The zero-order chi connectivity index (χ0) is 13.5. The molecule has 18 heavy (non-hydrogen) atoms. The van der Waals surface area contributed by atoms with Crippen LogP contribution in [0.2, 0.25) is 0 Å². The van der Waals surface area contributed by atoms with Crippen LogP contribution in [-0.4, -0.2) is 26.2 Å². The fourth-order valence-electron chi connectivity index (χ4n) is 1.39. The lowest BCUT2D eigenvalue weighted by Gasteiger charge is -2.05. The van der Waals surface area contributed by atoms with Crippen molar-refractivity contribution in [1.29, 1.82) is 0 Å². The highest BCUT2D eigenvalue weighted by molar-refractivity contribution is 5.91. The lowest BCUT2D eigenvalue weighted by Crippen LogP contribution is -2.04. The van der Waals surface area contributed by atoms with E-state index in [9.17, 15) is 9.59 Å². The summed E-state index contributed by atoms with van der Waals surface area (Å²) in [6, 6.07) is 5.18. The number of carbonyl (C=O) groups excluding carboxylic acids is 2. The number of ether oxygens (including phenoxy) is 2. The standard InChI is InChI=1S/C14H14O4/c1-10-11(7-5-9-13(15)17-2)6-4-8-12(10)14(16)18-3/h4,6,8H,9H2,1-3H3. The van der Waals surface area contributed by atoms with E-state index in [2.05, 4.69) is 21.3 Å². The molecule has 1 aromatic rings. The molecule has 0 aliphatic heterocycles. The predicted octanol–water partition coefficient (Wildman–Crippen LogP) is 1.70. The molecule has 0 radical (unpaired) electrons. The lowest BCUT2D eigenvalue weighted by molar-refractivity contribution is -0.139. The first-order valence-electron chi connectivity index (χ1n) is 5.33.